The number of aromatic nitrogens is 7. The van der Waals surface area contributed by atoms with Crippen molar-refractivity contribution in [3.63, 3.8) is 0 Å². The average Bonchev–Trinajstić information content (AvgIpc) is 3.41. The second kappa shape index (κ2) is 7.16. The van der Waals surface area contributed by atoms with Gasteiger partial charge >= 0.3 is 0 Å². The molecule has 0 spiro atoms. The van der Waals surface area contributed by atoms with E-state index in [1.165, 1.54) is 0 Å². The van der Waals surface area contributed by atoms with Crippen molar-refractivity contribution >= 4 is 11.5 Å². The van der Waals surface area contributed by atoms with Crippen molar-refractivity contribution < 1.29 is 0 Å². The van der Waals surface area contributed by atoms with E-state index in [-0.39, 0.29) is 5.56 Å². The standard InChI is InChI=1S/C20H22N8O/c1-15-13-19(28-17(23-15)5-9-22-28)25-11-6-16(7-12-25)14-27-20(29)4-3-18(24-27)26-10-2-8-21-26/h2-5,8-10,13,16H,6-7,11-12,14H2,1H3. The van der Waals surface area contributed by atoms with Crippen molar-refractivity contribution in [2.24, 2.45) is 5.92 Å². The molecule has 0 radical (unpaired) electrons. The number of aryl methyl sites for hydroxylation is 1. The molecule has 148 valence electrons. The van der Waals surface area contributed by atoms with Gasteiger partial charge in [0.05, 0.1) is 6.20 Å². The molecule has 0 unspecified atom stereocenters. The maximum Gasteiger partial charge on any atom is 0.266 e. The average molecular weight is 390 g/mol. The normalized spacial score (nSPS) is 15.3. The molecular weight excluding hydrogens is 368 g/mol. The third kappa shape index (κ3) is 3.39. The van der Waals surface area contributed by atoms with Crippen LogP contribution in [0.2, 0.25) is 0 Å². The quantitative estimate of drug-likeness (QED) is 0.527. The Kier molecular flexibility index (Phi) is 4.34. The van der Waals surface area contributed by atoms with E-state index in [4.69, 9.17) is 0 Å². The van der Waals surface area contributed by atoms with Crippen molar-refractivity contribution in [3.05, 3.63) is 65.0 Å². The first kappa shape index (κ1) is 17.6. The van der Waals surface area contributed by atoms with Crippen LogP contribution in [0.5, 0.6) is 0 Å². The summed E-state index contributed by atoms with van der Waals surface area (Å²) in [5.41, 5.74) is 1.78. The Morgan fingerprint density at radius 3 is 2.76 bits per heavy atom. The van der Waals surface area contributed by atoms with Crippen molar-refractivity contribution in [2.75, 3.05) is 18.0 Å². The van der Waals surface area contributed by atoms with E-state index in [9.17, 15) is 4.79 Å². The molecule has 0 aromatic carbocycles. The Labute approximate surface area is 167 Å². The highest BCUT2D eigenvalue weighted by Gasteiger charge is 2.23. The molecule has 4 aromatic heterocycles. The molecule has 0 N–H and O–H groups in total. The molecule has 1 fully saturated rings. The molecule has 5 heterocycles. The Balaban J connectivity index is 1.31. The van der Waals surface area contributed by atoms with Crippen molar-refractivity contribution in [2.45, 2.75) is 26.3 Å². The Morgan fingerprint density at radius 2 is 1.97 bits per heavy atom. The van der Waals surface area contributed by atoms with Crippen LogP contribution in [-0.4, -0.2) is 47.2 Å². The zero-order valence-corrected chi connectivity index (χ0v) is 16.2. The number of rotatable bonds is 4. The number of anilines is 1. The number of fused-ring (bicyclic) bond motifs is 1. The number of piperidine rings is 1. The molecule has 9 nitrogen and oxygen atoms in total. The number of hydrogen-bond acceptors (Lipinski definition) is 6. The van der Waals surface area contributed by atoms with Gasteiger partial charge in [-0.05, 0) is 37.8 Å². The van der Waals surface area contributed by atoms with Crippen LogP contribution in [0, 0.1) is 12.8 Å². The van der Waals surface area contributed by atoms with Gasteiger partial charge in [0, 0.05) is 55.9 Å². The zero-order chi connectivity index (χ0) is 19.8. The molecule has 0 saturated carbocycles. The van der Waals surface area contributed by atoms with Crippen LogP contribution < -0.4 is 10.5 Å². The van der Waals surface area contributed by atoms with E-state index < -0.39 is 0 Å². The second-order valence-corrected chi connectivity index (χ2v) is 7.45. The van der Waals surface area contributed by atoms with Crippen LogP contribution in [0.4, 0.5) is 5.82 Å². The third-order valence-corrected chi connectivity index (χ3v) is 5.43. The van der Waals surface area contributed by atoms with Crippen LogP contribution in [0.1, 0.15) is 18.5 Å². The van der Waals surface area contributed by atoms with Gasteiger partial charge in [-0.15, -0.1) is 5.10 Å². The molecule has 5 rings (SSSR count). The van der Waals surface area contributed by atoms with Crippen LogP contribution >= 0.6 is 0 Å². The van der Waals surface area contributed by atoms with Gasteiger partial charge in [-0.3, -0.25) is 4.79 Å². The summed E-state index contributed by atoms with van der Waals surface area (Å²) in [6.07, 6.45) is 7.28. The minimum absolute atomic E-state index is 0.0775. The van der Waals surface area contributed by atoms with E-state index in [1.54, 1.807) is 33.9 Å². The molecule has 4 aromatic rings. The Morgan fingerprint density at radius 1 is 1.10 bits per heavy atom. The molecule has 1 aliphatic heterocycles. The molecule has 0 aliphatic carbocycles. The summed E-state index contributed by atoms with van der Waals surface area (Å²) in [5, 5.41) is 13.1. The Bertz CT molecular complexity index is 1180. The van der Waals surface area contributed by atoms with E-state index in [0.717, 1.165) is 43.1 Å². The summed E-state index contributed by atoms with van der Waals surface area (Å²) in [6.45, 7) is 4.45. The van der Waals surface area contributed by atoms with Gasteiger partial charge in [-0.25, -0.2) is 14.3 Å². The Hall–Kier alpha value is -3.49. The molecule has 1 saturated heterocycles. The van der Waals surface area contributed by atoms with Gasteiger partial charge in [0.15, 0.2) is 11.5 Å². The van der Waals surface area contributed by atoms with Crippen LogP contribution in [0.3, 0.4) is 0 Å². The number of nitrogens with zero attached hydrogens (tertiary/aromatic N) is 8. The van der Waals surface area contributed by atoms with Crippen LogP contribution in [0.25, 0.3) is 11.5 Å². The predicted octanol–water partition coefficient (Wildman–Crippen LogP) is 1.70. The maximum absolute atomic E-state index is 12.3. The minimum atomic E-state index is -0.0775. The second-order valence-electron chi connectivity index (χ2n) is 7.45. The first-order valence-electron chi connectivity index (χ1n) is 9.82. The SMILES string of the molecule is Cc1cc(N2CCC(Cn3nc(-n4cccn4)ccc3=O)CC2)n2nccc2n1. The molecule has 0 atom stereocenters. The number of hydrogen-bond donors (Lipinski definition) is 0. The van der Waals surface area contributed by atoms with E-state index in [2.05, 4.69) is 31.2 Å². The fourth-order valence-corrected chi connectivity index (χ4v) is 3.93. The van der Waals surface area contributed by atoms with E-state index in [1.807, 2.05) is 29.8 Å². The smallest absolute Gasteiger partial charge is 0.266 e. The van der Waals surface area contributed by atoms with Crippen molar-refractivity contribution in [1.82, 2.24) is 34.2 Å². The lowest BCUT2D eigenvalue weighted by atomic mass is 9.97. The monoisotopic (exact) mass is 390 g/mol. The summed E-state index contributed by atoms with van der Waals surface area (Å²) < 4.78 is 5.13. The first-order chi connectivity index (χ1) is 14.2. The highest BCUT2D eigenvalue weighted by molar-refractivity contribution is 5.50. The fourth-order valence-electron chi connectivity index (χ4n) is 3.93. The van der Waals surface area contributed by atoms with Gasteiger partial charge in [0.2, 0.25) is 0 Å². The van der Waals surface area contributed by atoms with Crippen molar-refractivity contribution in [1.29, 1.82) is 0 Å². The third-order valence-electron chi connectivity index (χ3n) is 5.43. The molecule has 9 heteroatoms. The lowest BCUT2D eigenvalue weighted by molar-refractivity contribution is 0.333. The first-order valence-corrected chi connectivity index (χ1v) is 9.82. The molecule has 0 bridgehead atoms. The lowest BCUT2D eigenvalue weighted by Crippen LogP contribution is -2.38. The highest BCUT2D eigenvalue weighted by Crippen LogP contribution is 2.25. The van der Waals surface area contributed by atoms with E-state index in [0.29, 0.717) is 18.3 Å². The summed E-state index contributed by atoms with van der Waals surface area (Å²) in [6, 6.07) is 9.11. The predicted molar refractivity (Wildman–Crippen MR) is 108 cm³/mol. The highest BCUT2D eigenvalue weighted by atomic mass is 16.1. The van der Waals surface area contributed by atoms with Crippen molar-refractivity contribution in [3.8, 4) is 5.82 Å². The summed E-state index contributed by atoms with van der Waals surface area (Å²) in [4.78, 5) is 19.2. The van der Waals surface area contributed by atoms with Gasteiger partial charge in [-0.1, -0.05) is 0 Å². The van der Waals surface area contributed by atoms with Crippen LogP contribution in [0.15, 0.2) is 53.7 Å². The zero-order valence-electron chi connectivity index (χ0n) is 16.2. The largest absolute Gasteiger partial charge is 0.356 e. The topological polar surface area (TPSA) is 86.1 Å². The molecule has 29 heavy (non-hydrogen) atoms. The van der Waals surface area contributed by atoms with Gasteiger partial charge in [0.25, 0.3) is 5.56 Å². The minimum Gasteiger partial charge on any atom is -0.356 e. The van der Waals surface area contributed by atoms with Gasteiger partial charge in [0.1, 0.15) is 5.82 Å². The lowest BCUT2D eigenvalue weighted by Gasteiger charge is -2.33. The van der Waals surface area contributed by atoms with Gasteiger partial charge < -0.3 is 4.90 Å². The molecular formula is C20H22N8O. The molecule has 0 amide bonds. The maximum atomic E-state index is 12.3. The summed E-state index contributed by atoms with van der Waals surface area (Å²) in [7, 11) is 0. The fraction of sp³-hybridized carbons (Fsp3) is 0.350. The summed E-state index contributed by atoms with van der Waals surface area (Å²) >= 11 is 0. The van der Waals surface area contributed by atoms with E-state index >= 15 is 0 Å². The van der Waals surface area contributed by atoms with Crippen LogP contribution in [-0.2, 0) is 6.54 Å². The summed E-state index contributed by atoms with van der Waals surface area (Å²) in [5.74, 6) is 2.13. The molecule has 1 aliphatic rings. The van der Waals surface area contributed by atoms with Gasteiger partial charge in [-0.2, -0.15) is 14.7 Å².